The summed E-state index contributed by atoms with van der Waals surface area (Å²) in [6.45, 7) is 2.12. The van der Waals surface area contributed by atoms with Crippen molar-refractivity contribution in [2.75, 3.05) is 0 Å². The van der Waals surface area contributed by atoms with Crippen LogP contribution >= 0.6 is 0 Å². The van der Waals surface area contributed by atoms with Gasteiger partial charge in [-0.25, -0.2) is 9.55 Å². The van der Waals surface area contributed by atoms with Gasteiger partial charge in [0.2, 0.25) is 0 Å². The number of hydrogen-bond donors (Lipinski definition) is 1. The Morgan fingerprint density at radius 1 is 1.70 bits per heavy atom. The summed E-state index contributed by atoms with van der Waals surface area (Å²) in [6, 6.07) is 0. The summed E-state index contributed by atoms with van der Waals surface area (Å²) in [4.78, 5) is 3.12. The molecular weight excluding hydrogens is 124 g/mol. The zero-order valence-corrected chi connectivity index (χ0v) is 6.46. The number of nitrogens with zero attached hydrogens (tertiary/aromatic N) is 1. The first kappa shape index (κ1) is 7.06. The minimum Gasteiger partial charge on any atom is -0.244 e. The highest BCUT2D eigenvalue weighted by molar-refractivity contribution is 5.35. The first-order valence-corrected chi connectivity index (χ1v) is 3.54. The Hall–Kier alpha value is -1.05. The van der Waals surface area contributed by atoms with Crippen LogP contribution in [-0.2, 0) is 7.05 Å². The van der Waals surface area contributed by atoms with Gasteiger partial charge >= 0.3 is 0 Å². The molecule has 0 saturated carbocycles. The van der Waals surface area contributed by atoms with Crippen LogP contribution in [0.4, 0.5) is 0 Å². The van der Waals surface area contributed by atoms with Crippen LogP contribution in [0.2, 0.25) is 0 Å². The molecule has 1 rings (SSSR count). The molecule has 1 heterocycles. The topological polar surface area (TPSA) is 19.7 Å². The van der Waals surface area contributed by atoms with Crippen LogP contribution in [0.1, 0.15) is 19.2 Å². The molecule has 0 unspecified atom stereocenters. The Kier molecular flexibility index (Phi) is 2.26. The Morgan fingerprint density at radius 3 is 3.00 bits per heavy atom. The lowest BCUT2D eigenvalue weighted by Gasteiger charge is -1.82. The van der Waals surface area contributed by atoms with Crippen molar-refractivity contribution < 1.29 is 4.57 Å². The fourth-order valence-electron chi connectivity index (χ4n) is 0.812. The predicted molar refractivity (Wildman–Crippen MR) is 41.3 cm³/mol. The molecule has 0 amide bonds. The van der Waals surface area contributed by atoms with E-state index in [1.807, 2.05) is 24.0 Å². The van der Waals surface area contributed by atoms with Crippen molar-refractivity contribution in [2.45, 2.75) is 13.3 Å². The second kappa shape index (κ2) is 3.20. The van der Waals surface area contributed by atoms with Gasteiger partial charge in [0.05, 0.1) is 7.05 Å². The Bertz CT molecular complexity index is 223. The summed E-state index contributed by atoms with van der Waals surface area (Å²) >= 11 is 0. The molecule has 0 aliphatic carbocycles. The summed E-state index contributed by atoms with van der Waals surface area (Å²) in [5.74, 6) is 1.14. The third kappa shape index (κ3) is 1.47. The highest BCUT2D eigenvalue weighted by atomic mass is 15.0. The molecule has 0 atom stereocenters. The highest BCUT2D eigenvalue weighted by Crippen LogP contribution is 1.90. The number of aromatic nitrogens is 2. The molecule has 0 bridgehead atoms. The van der Waals surface area contributed by atoms with Gasteiger partial charge in [-0.1, -0.05) is 13.0 Å². The van der Waals surface area contributed by atoms with Gasteiger partial charge in [-0.2, -0.15) is 0 Å². The van der Waals surface area contributed by atoms with Gasteiger partial charge in [-0.3, -0.25) is 0 Å². The van der Waals surface area contributed by atoms with Gasteiger partial charge in [0.25, 0.3) is 5.82 Å². The van der Waals surface area contributed by atoms with Crippen molar-refractivity contribution in [3.05, 3.63) is 24.3 Å². The number of rotatable bonds is 2. The van der Waals surface area contributed by atoms with Crippen molar-refractivity contribution in [3.8, 4) is 0 Å². The van der Waals surface area contributed by atoms with E-state index in [1.165, 1.54) is 0 Å². The Labute approximate surface area is 61.2 Å². The van der Waals surface area contributed by atoms with Crippen molar-refractivity contribution in [3.63, 3.8) is 0 Å². The number of allylic oxidation sites excluding steroid dienone is 1. The van der Waals surface area contributed by atoms with Crippen LogP contribution in [0.3, 0.4) is 0 Å². The number of aryl methyl sites for hydroxylation is 1. The molecule has 0 aliphatic heterocycles. The molecule has 0 fully saturated rings. The van der Waals surface area contributed by atoms with Crippen LogP contribution in [0, 0.1) is 0 Å². The van der Waals surface area contributed by atoms with Crippen molar-refractivity contribution in [1.82, 2.24) is 4.98 Å². The van der Waals surface area contributed by atoms with Crippen LogP contribution in [0.15, 0.2) is 18.5 Å². The molecule has 2 heteroatoms. The van der Waals surface area contributed by atoms with E-state index in [9.17, 15) is 0 Å². The quantitative estimate of drug-likeness (QED) is 0.592. The van der Waals surface area contributed by atoms with Crippen LogP contribution in [0.25, 0.3) is 6.08 Å². The van der Waals surface area contributed by atoms with E-state index in [2.05, 4.69) is 24.1 Å². The zero-order chi connectivity index (χ0) is 7.40. The van der Waals surface area contributed by atoms with Crippen LogP contribution in [-0.4, -0.2) is 4.98 Å². The second-order valence-corrected chi connectivity index (χ2v) is 2.27. The maximum atomic E-state index is 3.12. The van der Waals surface area contributed by atoms with Gasteiger partial charge < -0.3 is 0 Å². The average Bonchev–Trinajstić information content (AvgIpc) is 2.31. The lowest BCUT2D eigenvalue weighted by Crippen LogP contribution is -2.28. The third-order valence-corrected chi connectivity index (χ3v) is 1.42. The smallest absolute Gasteiger partial charge is 0.244 e. The maximum Gasteiger partial charge on any atom is 0.278 e. The Morgan fingerprint density at radius 2 is 2.50 bits per heavy atom. The summed E-state index contributed by atoms with van der Waals surface area (Å²) in [5, 5.41) is 0. The van der Waals surface area contributed by atoms with Crippen molar-refractivity contribution in [2.24, 2.45) is 7.05 Å². The minimum absolute atomic E-state index is 1.08. The third-order valence-electron chi connectivity index (χ3n) is 1.42. The number of imidazole rings is 1. The largest absolute Gasteiger partial charge is 0.278 e. The summed E-state index contributed by atoms with van der Waals surface area (Å²) in [6.07, 6.45) is 9.22. The maximum absolute atomic E-state index is 3.12. The van der Waals surface area contributed by atoms with Gasteiger partial charge in [0.15, 0.2) is 0 Å². The lowest BCUT2D eigenvalue weighted by molar-refractivity contribution is -0.671. The summed E-state index contributed by atoms with van der Waals surface area (Å²) < 4.78 is 2.05. The van der Waals surface area contributed by atoms with Gasteiger partial charge in [-0.05, 0) is 6.42 Å². The molecule has 10 heavy (non-hydrogen) atoms. The van der Waals surface area contributed by atoms with Gasteiger partial charge in [-0.15, -0.1) is 0 Å². The van der Waals surface area contributed by atoms with E-state index < -0.39 is 0 Å². The second-order valence-electron chi connectivity index (χ2n) is 2.27. The minimum atomic E-state index is 1.08. The number of H-pyrrole nitrogens is 1. The molecule has 0 saturated heterocycles. The fraction of sp³-hybridized carbons (Fsp3) is 0.375. The molecule has 0 aromatic carbocycles. The van der Waals surface area contributed by atoms with E-state index in [0.29, 0.717) is 0 Å². The van der Waals surface area contributed by atoms with Crippen molar-refractivity contribution in [1.29, 1.82) is 0 Å². The molecule has 0 radical (unpaired) electrons. The van der Waals surface area contributed by atoms with E-state index in [0.717, 1.165) is 12.2 Å². The Balaban J connectivity index is 2.74. The van der Waals surface area contributed by atoms with E-state index in [1.54, 1.807) is 0 Å². The SMILES string of the molecule is CCC=Cc1[nH]cc[n+]1C. The molecule has 2 nitrogen and oxygen atoms in total. The molecule has 1 N–H and O–H groups in total. The standard InChI is InChI=1S/C8H12N2/c1-3-4-5-8-9-6-7-10(8)2/h4-7H,3H2,1-2H3/p+1. The van der Waals surface area contributed by atoms with Gasteiger partial charge in [0.1, 0.15) is 12.4 Å². The first-order valence-electron chi connectivity index (χ1n) is 3.54. The number of hydrogen-bond acceptors (Lipinski definition) is 0. The van der Waals surface area contributed by atoms with E-state index in [-0.39, 0.29) is 0 Å². The average molecular weight is 137 g/mol. The van der Waals surface area contributed by atoms with Gasteiger partial charge in [0, 0.05) is 6.08 Å². The monoisotopic (exact) mass is 137 g/mol. The lowest BCUT2D eigenvalue weighted by atomic mass is 10.4. The molecule has 0 aliphatic rings. The molecule has 54 valence electrons. The fourth-order valence-corrected chi connectivity index (χ4v) is 0.812. The van der Waals surface area contributed by atoms with Crippen molar-refractivity contribution >= 4 is 6.08 Å². The molecule has 1 aromatic rings. The summed E-state index contributed by atoms with van der Waals surface area (Å²) in [5.41, 5.74) is 0. The molecule has 1 aromatic heterocycles. The number of nitrogens with one attached hydrogen (secondary N) is 1. The number of aromatic amines is 1. The normalized spacial score (nSPS) is 11.0. The predicted octanol–water partition coefficient (Wildman–Crippen LogP) is 1.26. The molecule has 0 spiro atoms. The highest BCUT2D eigenvalue weighted by Gasteiger charge is 1.98. The first-order chi connectivity index (χ1) is 4.84. The summed E-state index contributed by atoms with van der Waals surface area (Å²) in [7, 11) is 2.02. The van der Waals surface area contributed by atoms with E-state index >= 15 is 0 Å². The van der Waals surface area contributed by atoms with E-state index in [4.69, 9.17) is 0 Å². The van der Waals surface area contributed by atoms with Crippen LogP contribution < -0.4 is 4.57 Å². The zero-order valence-electron chi connectivity index (χ0n) is 6.46. The van der Waals surface area contributed by atoms with Crippen LogP contribution in [0.5, 0.6) is 0 Å². The molecular formula is C8H13N2+.